The number of aromatic nitrogens is 9. The third-order valence-corrected chi connectivity index (χ3v) is 18.3. The van der Waals surface area contributed by atoms with Crippen LogP contribution in [0, 0.1) is 13.8 Å². The molecule has 0 amide bonds. The van der Waals surface area contributed by atoms with Crippen LogP contribution in [0.4, 0.5) is 0 Å². The molecule has 0 saturated carbocycles. The summed E-state index contributed by atoms with van der Waals surface area (Å²) in [5.41, 5.74) is 22.8. The number of fused-ring (bicyclic) bond motifs is 13. The quantitative estimate of drug-likeness (QED) is 0.0849. The van der Waals surface area contributed by atoms with Crippen LogP contribution in [0.25, 0.3) is 166 Å². The molecular weight excluding hydrogens is 1260 g/mol. The van der Waals surface area contributed by atoms with Crippen LogP contribution < -0.4 is 0 Å². The minimum Gasteiger partial charge on any atom is -0.307 e. The number of hydrogen-bond donors (Lipinski definition) is 0. The second-order valence-corrected chi connectivity index (χ2v) is 25.4. The van der Waals surface area contributed by atoms with Crippen LogP contribution in [0.2, 0.25) is 6.82 Å². The summed E-state index contributed by atoms with van der Waals surface area (Å²) in [7, 11) is 2.45. The van der Waals surface area contributed by atoms with Crippen LogP contribution in [-0.2, 0) is 0 Å². The Bertz CT molecular complexity index is 5950. The minimum atomic E-state index is 0. The lowest BCUT2D eigenvalue weighted by atomic mass is 9.95. The molecule has 0 fully saturated rings. The summed E-state index contributed by atoms with van der Waals surface area (Å²) in [4.78, 5) is 34.4. The average molecular weight is 1330 g/mol. The first-order chi connectivity index (χ1) is 49.9. The predicted octanol–water partition coefficient (Wildman–Crippen LogP) is 22.4. The Morgan fingerprint density at radius 2 is 0.588 bits per heavy atom. The fourth-order valence-electron chi connectivity index (χ4n) is 14.0. The van der Waals surface area contributed by atoms with Gasteiger partial charge in [-0.25, -0.2) is 4.98 Å². The van der Waals surface area contributed by atoms with Crippen molar-refractivity contribution in [3.8, 4) is 78.9 Å². The molecule has 19 aromatic rings. The predicted molar refractivity (Wildman–Crippen MR) is 432 cm³/mol. The maximum atomic E-state index is 5.17. The molecule has 0 bridgehead atoms. The number of nitrogens with zero attached hydrogens (tertiary/aromatic N) is 9. The zero-order valence-corrected chi connectivity index (χ0v) is 57.7. The molecule has 12 aromatic carbocycles. The Morgan fingerprint density at radius 3 is 0.980 bits per heavy atom. The Balaban J connectivity index is 0.000000126. The van der Waals surface area contributed by atoms with Gasteiger partial charge in [-0.3, -0.25) is 24.5 Å². The van der Waals surface area contributed by atoms with E-state index in [1.165, 1.54) is 55.3 Å². The molecule has 0 saturated heterocycles. The van der Waals surface area contributed by atoms with Gasteiger partial charge in [-0.1, -0.05) is 280 Å². The Kier molecular flexibility index (Phi) is 18.7. The largest absolute Gasteiger partial charge is 0.307 e. The van der Waals surface area contributed by atoms with Gasteiger partial charge in [0.1, 0.15) is 7.00 Å². The molecule has 1 unspecified atom stereocenters. The summed E-state index contributed by atoms with van der Waals surface area (Å²) in [5, 5.41) is 9.22. The van der Waals surface area contributed by atoms with Crippen molar-refractivity contribution in [1.29, 1.82) is 0 Å². The van der Waals surface area contributed by atoms with Crippen molar-refractivity contribution < 1.29 is 0 Å². The lowest BCUT2D eigenvalue weighted by Gasteiger charge is -2.13. The molecule has 0 aliphatic rings. The molecular formula is C90H66B2N9P. The normalized spacial score (nSPS) is 11.1. The SMILES string of the molecule is C[B]P.Cc1cc(-c2ccccc2)c2ccc3c(-c4ccccc4)cc(C)nc3c2n1.[B].c1ccc(-c2ccnc3c2ccc2c(-c4ccccc4)ccnc23)cc1.c1ccc(-c2nc(-c3ccccc3)nc(-n3c4ccccc4c4ccc5c6ccccc6n(-c6ccccc6)c5c43)n2)cc1. The molecule has 12 heteroatoms. The van der Waals surface area contributed by atoms with E-state index in [2.05, 4.69) is 279 Å². The van der Waals surface area contributed by atoms with Gasteiger partial charge in [0, 0.05) is 92.1 Å². The van der Waals surface area contributed by atoms with Gasteiger partial charge in [0.2, 0.25) is 5.95 Å². The van der Waals surface area contributed by atoms with Crippen LogP contribution >= 0.6 is 9.12 Å². The van der Waals surface area contributed by atoms with Crippen LogP contribution in [0.3, 0.4) is 0 Å². The van der Waals surface area contributed by atoms with Crippen LogP contribution in [0.15, 0.2) is 334 Å². The number of aryl methyl sites for hydroxylation is 2. The van der Waals surface area contributed by atoms with Crippen LogP contribution in [-0.4, -0.2) is 59.4 Å². The summed E-state index contributed by atoms with van der Waals surface area (Å²) in [6.07, 6.45) is 3.75. The highest BCUT2D eigenvalue weighted by Gasteiger charge is 2.24. The van der Waals surface area contributed by atoms with E-state index in [0.29, 0.717) is 17.6 Å². The zero-order chi connectivity index (χ0) is 68.2. The van der Waals surface area contributed by atoms with Crippen molar-refractivity contribution in [3.05, 3.63) is 345 Å². The van der Waals surface area contributed by atoms with Gasteiger partial charge in [0.15, 0.2) is 11.6 Å². The summed E-state index contributed by atoms with van der Waals surface area (Å²) in [6, 6.07) is 112. The number of para-hydroxylation sites is 3. The number of pyridine rings is 4. The van der Waals surface area contributed by atoms with E-state index < -0.39 is 0 Å². The average Bonchev–Trinajstić information content (AvgIpc) is 1.53. The maximum Gasteiger partial charge on any atom is 0.238 e. The van der Waals surface area contributed by atoms with Gasteiger partial charge >= 0.3 is 0 Å². The monoisotopic (exact) mass is 1330 g/mol. The molecule has 19 rings (SSSR count). The van der Waals surface area contributed by atoms with Crippen molar-refractivity contribution >= 4 is 112 Å². The highest BCUT2D eigenvalue weighted by atomic mass is 31.0. The molecule has 4 radical (unpaired) electrons. The van der Waals surface area contributed by atoms with Crippen molar-refractivity contribution in [2.45, 2.75) is 20.7 Å². The van der Waals surface area contributed by atoms with E-state index in [1.54, 1.807) is 0 Å². The van der Waals surface area contributed by atoms with Crippen molar-refractivity contribution in [3.63, 3.8) is 0 Å². The fourth-order valence-corrected chi connectivity index (χ4v) is 14.0. The number of hydrogen-bond acceptors (Lipinski definition) is 7. The molecule has 0 spiro atoms. The van der Waals surface area contributed by atoms with E-state index in [9.17, 15) is 0 Å². The van der Waals surface area contributed by atoms with E-state index in [4.69, 9.17) is 24.9 Å². The topological polar surface area (TPSA) is 100 Å². The van der Waals surface area contributed by atoms with E-state index in [-0.39, 0.29) is 8.41 Å². The molecule has 9 nitrogen and oxygen atoms in total. The van der Waals surface area contributed by atoms with E-state index in [0.717, 1.165) is 105 Å². The second-order valence-electron chi connectivity index (χ2n) is 24.8. The third-order valence-electron chi connectivity index (χ3n) is 18.3. The molecule has 0 N–H and O–H groups in total. The van der Waals surface area contributed by atoms with Gasteiger partial charge in [-0.2, -0.15) is 19.1 Å². The Morgan fingerprint density at radius 1 is 0.284 bits per heavy atom. The molecule has 0 aliphatic carbocycles. The molecule has 0 aliphatic heterocycles. The molecule has 102 heavy (non-hydrogen) atoms. The van der Waals surface area contributed by atoms with Crippen LogP contribution in [0.5, 0.6) is 0 Å². The summed E-state index contributed by atoms with van der Waals surface area (Å²) in [5.74, 6) is 1.86. The van der Waals surface area contributed by atoms with Crippen molar-refractivity contribution in [1.82, 2.24) is 44.0 Å². The first-order valence-corrected chi connectivity index (χ1v) is 34.5. The Hall–Kier alpha value is -12.6. The van der Waals surface area contributed by atoms with Gasteiger partial charge in [-0.05, 0) is 107 Å². The van der Waals surface area contributed by atoms with Gasteiger partial charge < -0.3 is 4.57 Å². The molecule has 7 aromatic heterocycles. The lowest BCUT2D eigenvalue weighted by Crippen LogP contribution is -2.07. The highest BCUT2D eigenvalue weighted by molar-refractivity contribution is 7.55. The number of rotatable bonds is 8. The van der Waals surface area contributed by atoms with Crippen LogP contribution in [0.1, 0.15) is 11.4 Å². The smallest absolute Gasteiger partial charge is 0.238 e. The maximum absolute atomic E-state index is 5.17. The lowest BCUT2D eigenvalue weighted by molar-refractivity contribution is 0.953. The highest BCUT2D eigenvalue weighted by Crippen LogP contribution is 2.43. The van der Waals surface area contributed by atoms with Crippen molar-refractivity contribution in [2.75, 3.05) is 0 Å². The van der Waals surface area contributed by atoms with E-state index in [1.807, 2.05) is 111 Å². The van der Waals surface area contributed by atoms with Crippen molar-refractivity contribution in [2.24, 2.45) is 0 Å². The van der Waals surface area contributed by atoms with Gasteiger partial charge in [-0.15, -0.1) is 0 Å². The zero-order valence-electron chi connectivity index (χ0n) is 56.5. The summed E-state index contributed by atoms with van der Waals surface area (Å²) < 4.78 is 4.60. The van der Waals surface area contributed by atoms with E-state index >= 15 is 0 Å². The second kappa shape index (κ2) is 29.1. The van der Waals surface area contributed by atoms with Gasteiger partial charge in [0.05, 0.1) is 44.1 Å². The third kappa shape index (κ3) is 12.5. The summed E-state index contributed by atoms with van der Waals surface area (Å²) in [6.45, 7) is 7.99. The summed E-state index contributed by atoms with van der Waals surface area (Å²) >= 11 is 0. The first kappa shape index (κ1) is 65.4. The number of benzene rings is 12. The Labute approximate surface area is 597 Å². The first-order valence-electron chi connectivity index (χ1n) is 33.9. The molecule has 7 heterocycles. The molecule has 1 atom stereocenters. The standard InChI is InChI=1S/C39H25N5.C26H20N2.C24H16N2.CH5BP.B/c1-4-14-26(15-5-1)37-40-38(27-16-6-2-7-17-27)42-39(41-37)44-34-23-13-11-21-30(34)32-25-24-31-29-20-10-12-22-33(29)43(35(31)36(32)44)28-18-8-3-9-19-28;1-17-15-23(19-9-5-3-6-10-19)21-13-14-22-24(20-11-7-4-8-12-20)16-18(2)28-26(22)25(21)27-17;1-3-7-17(8-4-1)19-13-15-25-23-21(19)11-12-22-20(14-16-26-24(22)23)18-9-5-2-6-10-18;1-2-3;/h1-25H;3-16H,1-2H3;1-16H;3H2,1H3;. The fraction of sp³-hybridized carbons (Fsp3) is 0.0333. The van der Waals surface area contributed by atoms with Gasteiger partial charge in [0.25, 0.3) is 0 Å². The molecule has 482 valence electrons. The minimum absolute atomic E-state index is 0.